The van der Waals surface area contributed by atoms with Gasteiger partial charge in [0.1, 0.15) is 0 Å². The summed E-state index contributed by atoms with van der Waals surface area (Å²) in [5.41, 5.74) is 3.14. The van der Waals surface area contributed by atoms with Gasteiger partial charge in [-0.3, -0.25) is 4.79 Å². The number of phenols is 2. The van der Waals surface area contributed by atoms with Crippen LogP contribution in [-0.2, 0) is 6.54 Å². The third-order valence-electron chi connectivity index (χ3n) is 3.75. The maximum Gasteiger partial charge on any atom is 0.252 e. The molecule has 24 heavy (non-hydrogen) atoms. The molecule has 0 aromatic heterocycles. The van der Waals surface area contributed by atoms with Crippen molar-refractivity contribution in [3.05, 3.63) is 83.9 Å². The second kappa shape index (κ2) is 6.87. The van der Waals surface area contributed by atoms with Gasteiger partial charge in [0.25, 0.3) is 5.91 Å². The molecule has 3 N–H and O–H groups in total. The molecule has 120 valence electrons. The fourth-order valence-corrected chi connectivity index (χ4v) is 2.51. The smallest absolute Gasteiger partial charge is 0.252 e. The monoisotopic (exact) mass is 319 g/mol. The number of hydrogen-bond donors (Lipinski definition) is 3. The fraction of sp³-hybridized carbons (Fsp3) is 0.0500. The largest absolute Gasteiger partial charge is 0.504 e. The molecule has 0 atom stereocenters. The fourth-order valence-electron chi connectivity index (χ4n) is 2.51. The van der Waals surface area contributed by atoms with Crippen LogP contribution in [0.3, 0.4) is 0 Å². The van der Waals surface area contributed by atoms with Gasteiger partial charge in [-0.1, -0.05) is 54.6 Å². The zero-order chi connectivity index (χ0) is 16.9. The van der Waals surface area contributed by atoms with Crippen LogP contribution in [0.25, 0.3) is 11.1 Å². The van der Waals surface area contributed by atoms with E-state index < -0.39 is 0 Å². The lowest BCUT2D eigenvalue weighted by Gasteiger charge is -2.11. The van der Waals surface area contributed by atoms with Gasteiger partial charge in [0.05, 0.1) is 0 Å². The summed E-state index contributed by atoms with van der Waals surface area (Å²) in [7, 11) is 0. The minimum Gasteiger partial charge on any atom is -0.504 e. The predicted molar refractivity (Wildman–Crippen MR) is 92.8 cm³/mol. The van der Waals surface area contributed by atoms with E-state index in [-0.39, 0.29) is 24.0 Å². The molecule has 0 spiro atoms. The zero-order valence-corrected chi connectivity index (χ0v) is 12.9. The summed E-state index contributed by atoms with van der Waals surface area (Å²) < 4.78 is 0. The van der Waals surface area contributed by atoms with Crippen LogP contribution in [0.1, 0.15) is 15.9 Å². The van der Waals surface area contributed by atoms with Crippen molar-refractivity contribution in [2.45, 2.75) is 6.54 Å². The molecule has 0 fully saturated rings. The highest BCUT2D eigenvalue weighted by Gasteiger charge is 2.12. The molecule has 4 nitrogen and oxygen atoms in total. The number of benzene rings is 3. The molecule has 0 unspecified atom stereocenters. The number of nitrogens with one attached hydrogen (secondary N) is 1. The van der Waals surface area contributed by atoms with Gasteiger partial charge in [-0.15, -0.1) is 0 Å². The third kappa shape index (κ3) is 3.38. The van der Waals surface area contributed by atoms with Crippen LogP contribution >= 0.6 is 0 Å². The number of carbonyl (C=O) groups excluding carboxylic acids is 1. The van der Waals surface area contributed by atoms with Crippen LogP contribution in [0.15, 0.2) is 72.8 Å². The summed E-state index contributed by atoms with van der Waals surface area (Å²) in [4.78, 5) is 12.5. The van der Waals surface area contributed by atoms with Crippen LogP contribution < -0.4 is 5.32 Å². The zero-order valence-electron chi connectivity index (χ0n) is 12.9. The molecule has 3 aromatic carbocycles. The molecule has 4 heteroatoms. The van der Waals surface area contributed by atoms with Crippen molar-refractivity contribution in [1.29, 1.82) is 0 Å². The van der Waals surface area contributed by atoms with Gasteiger partial charge in [0.15, 0.2) is 11.5 Å². The van der Waals surface area contributed by atoms with Crippen LogP contribution in [0.5, 0.6) is 11.5 Å². The molecule has 0 bridgehead atoms. The van der Waals surface area contributed by atoms with Crippen LogP contribution in [0.4, 0.5) is 0 Å². The Hall–Kier alpha value is -3.27. The first-order valence-corrected chi connectivity index (χ1v) is 7.58. The summed E-state index contributed by atoms with van der Waals surface area (Å²) in [6.07, 6.45) is 0. The SMILES string of the molecule is O=C(NCc1ccc(O)c(O)c1)c1ccccc1-c1ccccc1. The van der Waals surface area contributed by atoms with Crippen LogP contribution in [0.2, 0.25) is 0 Å². The number of aromatic hydroxyl groups is 2. The number of carbonyl (C=O) groups is 1. The van der Waals surface area contributed by atoms with E-state index in [4.69, 9.17) is 0 Å². The molecule has 0 aliphatic heterocycles. The molecule has 0 saturated carbocycles. The summed E-state index contributed by atoms with van der Waals surface area (Å²) in [5, 5.41) is 21.7. The quantitative estimate of drug-likeness (QED) is 0.642. The molecule has 0 heterocycles. The van der Waals surface area contributed by atoms with Crippen molar-refractivity contribution < 1.29 is 15.0 Å². The summed E-state index contributed by atoms with van der Waals surface area (Å²) in [5.74, 6) is -0.576. The molecular formula is C20H17NO3. The molecule has 3 rings (SSSR count). The highest BCUT2D eigenvalue weighted by molar-refractivity contribution is 6.00. The first-order valence-electron chi connectivity index (χ1n) is 7.58. The van der Waals surface area contributed by atoms with Gasteiger partial charge in [0.2, 0.25) is 0 Å². The first-order chi connectivity index (χ1) is 11.6. The second-order valence-corrected chi connectivity index (χ2v) is 5.42. The summed E-state index contributed by atoms with van der Waals surface area (Å²) in [6.45, 7) is 0.260. The van der Waals surface area contributed by atoms with Crippen molar-refractivity contribution in [2.75, 3.05) is 0 Å². The van der Waals surface area contributed by atoms with E-state index in [1.807, 2.05) is 48.5 Å². The maximum atomic E-state index is 12.5. The Bertz CT molecular complexity index is 860. The van der Waals surface area contributed by atoms with E-state index in [1.165, 1.54) is 12.1 Å². The Balaban J connectivity index is 1.79. The van der Waals surface area contributed by atoms with E-state index in [0.29, 0.717) is 11.1 Å². The van der Waals surface area contributed by atoms with Crippen molar-refractivity contribution in [2.24, 2.45) is 0 Å². The van der Waals surface area contributed by atoms with E-state index in [9.17, 15) is 15.0 Å². The number of rotatable bonds is 4. The Morgan fingerprint density at radius 1 is 0.833 bits per heavy atom. The molecular weight excluding hydrogens is 302 g/mol. The Labute approximate surface area is 140 Å². The molecule has 0 aliphatic rings. The average molecular weight is 319 g/mol. The van der Waals surface area contributed by atoms with Crippen LogP contribution in [0, 0.1) is 0 Å². The van der Waals surface area contributed by atoms with Gasteiger partial charge < -0.3 is 15.5 Å². The molecule has 3 aromatic rings. The van der Waals surface area contributed by atoms with Gasteiger partial charge >= 0.3 is 0 Å². The van der Waals surface area contributed by atoms with E-state index >= 15 is 0 Å². The highest BCUT2D eigenvalue weighted by atomic mass is 16.3. The minimum absolute atomic E-state index is 0.181. The van der Waals surface area contributed by atoms with Crippen molar-refractivity contribution in [3.8, 4) is 22.6 Å². The second-order valence-electron chi connectivity index (χ2n) is 5.42. The maximum absolute atomic E-state index is 12.5. The van der Waals surface area contributed by atoms with Crippen molar-refractivity contribution in [3.63, 3.8) is 0 Å². The number of amides is 1. The number of hydrogen-bond acceptors (Lipinski definition) is 3. The predicted octanol–water partition coefficient (Wildman–Crippen LogP) is 3.69. The topological polar surface area (TPSA) is 69.6 Å². The van der Waals surface area contributed by atoms with E-state index in [2.05, 4.69) is 5.32 Å². The minimum atomic E-state index is -0.202. The lowest BCUT2D eigenvalue weighted by molar-refractivity contribution is 0.0951. The Morgan fingerprint density at radius 2 is 1.54 bits per heavy atom. The first kappa shape index (κ1) is 15.6. The Morgan fingerprint density at radius 3 is 2.29 bits per heavy atom. The third-order valence-corrected chi connectivity index (χ3v) is 3.75. The number of phenolic OH excluding ortho intramolecular Hbond substituents is 2. The highest BCUT2D eigenvalue weighted by Crippen LogP contribution is 2.25. The van der Waals surface area contributed by atoms with Crippen LogP contribution in [-0.4, -0.2) is 16.1 Å². The average Bonchev–Trinajstić information content (AvgIpc) is 2.63. The van der Waals surface area contributed by atoms with E-state index in [0.717, 1.165) is 11.1 Å². The normalized spacial score (nSPS) is 10.3. The standard InChI is InChI=1S/C20H17NO3/c22-18-11-10-14(12-19(18)23)13-21-20(24)17-9-5-4-8-16(17)15-6-2-1-3-7-15/h1-12,22-23H,13H2,(H,21,24). The van der Waals surface area contributed by atoms with E-state index in [1.54, 1.807) is 12.1 Å². The lowest BCUT2D eigenvalue weighted by Crippen LogP contribution is -2.23. The summed E-state index contributed by atoms with van der Waals surface area (Å²) >= 11 is 0. The van der Waals surface area contributed by atoms with Gasteiger partial charge in [-0.05, 0) is 34.9 Å². The van der Waals surface area contributed by atoms with Crippen molar-refractivity contribution >= 4 is 5.91 Å². The van der Waals surface area contributed by atoms with Gasteiger partial charge in [-0.2, -0.15) is 0 Å². The Kier molecular flexibility index (Phi) is 4.47. The lowest BCUT2D eigenvalue weighted by atomic mass is 9.99. The van der Waals surface area contributed by atoms with Crippen molar-refractivity contribution in [1.82, 2.24) is 5.32 Å². The molecule has 0 saturated heterocycles. The van der Waals surface area contributed by atoms with Gasteiger partial charge in [-0.25, -0.2) is 0 Å². The summed E-state index contributed by atoms with van der Waals surface area (Å²) in [6, 6.07) is 21.6. The molecule has 0 aliphatic carbocycles. The van der Waals surface area contributed by atoms with Gasteiger partial charge in [0, 0.05) is 12.1 Å². The molecule has 1 amide bonds. The molecule has 0 radical (unpaired) electrons.